The average Bonchev–Trinajstić information content (AvgIpc) is 3.37. The van der Waals surface area contributed by atoms with E-state index < -0.39 is 10.0 Å². The summed E-state index contributed by atoms with van der Waals surface area (Å²) in [6.07, 6.45) is 4.40. The predicted octanol–water partition coefficient (Wildman–Crippen LogP) is 1.80. The number of sulfonamides is 1. The molecule has 1 N–H and O–H groups in total. The van der Waals surface area contributed by atoms with Crippen molar-refractivity contribution in [2.24, 2.45) is 0 Å². The van der Waals surface area contributed by atoms with E-state index in [9.17, 15) is 8.42 Å². The Balaban J connectivity index is 1.69. The zero-order valence-corrected chi connectivity index (χ0v) is 13.9. The first kappa shape index (κ1) is 15.4. The highest BCUT2D eigenvalue weighted by atomic mass is 32.2. The van der Waals surface area contributed by atoms with Crippen molar-refractivity contribution in [3.63, 3.8) is 0 Å². The normalized spacial score (nSPS) is 19.3. The molecule has 1 heterocycles. The Morgan fingerprint density at radius 2 is 2.10 bits per heavy atom. The Labute approximate surface area is 130 Å². The molecule has 1 aromatic rings. The number of nitrogens with one attached hydrogen (secondary N) is 1. The minimum atomic E-state index is -3.37. The van der Waals surface area contributed by atoms with Crippen LogP contribution in [0, 0.1) is 0 Å². The number of hydrogen-bond acceptors (Lipinski definition) is 5. The van der Waals surface area contributed by atoms with Gasteiger partial charge >= 0.3 is 0 Å². The minimum absolute atomic E-state index is 0.167. The Morgan fingerprint density at radius 3 is 2.71 bits per heavy atom. The van der Waals surface area contributed by atoms with Crippen LogP contribution in [0.3, 0.4) is 0 Å². The van der Waals surface area contributed by atoms with Gasteiger partial charge in [-0.2, -0.15) is 4.31 Å². The molecule has 2 saturated carbocycles. The maximum atomic E-state index is 12.7. The molecular weight excluding hydrogens is 308 g/mol. The summed E-state index contributed by atoms with van der Waals surface area (Å²) in [5.41, 5.74) is 0. The summed E-state index contributed by atoms with van der Waals surface area (Å²) < 4.78 is 32.6. The van der Waals surface area contributed by atoms with Crippen LogP contribution >= 0.6 is 11.3 Å². The van der Waals surface area contributed by atoms with Crippen LogP contribution in [0.5, 0.6) is 0 Å². The van der Waals surface area contributed by atoms with Gasteiger partial charge < -0.3 is 10.1 Å². The zero-order valence-electron chi connectivity index (χ0n) is 12.2. The third-order valence-corrected chi connectivity index (χ3v) is 7.32. The highest BCUT2D eigenvalue weighted by Gasteiger charge is 2.38. The third kappa shape index (κ3) is 3.84. The summed E-state index contributed by atoms with van der Waals surface area (Å²) in [4.78, 5) is 1.09. The first-order chi connectivity index (χ1) is 10.1. The summed E-state index contributed by atoms with van der Waals surface area (Å²) in [6.45, 7) is 1.65. The standard InChI is InChI=1S/C14H22N2O3S2/c1-19-9-8-16(12-4-5-12)21(17,18)14-7-6-13(20-14)10-15-11-2-3-11/h6-7,11-12,15H,2-5,8-10H2,1H3. The third-order valence-electron chi connectivity index (χ3n) is 3.81. The van der Waals surface area contributed by atoms with Crippen molar-refractivity contribution >= 4 is 21.4 Å². The van der Waals surface area contributed by atoms with Gasteiger partial charge in [-0.1, -0.05) is 0 Å². The van der Waals surface area contributed by atoms with Crippen molar-refractivity contribution in [3.8, 4) is 0 Å². The molecule has 2 aliphatic carbocycles. The van der Waals surface area contributed by atoms with Crippen molar-refractivity contribution in [1.82, 2.24) is 9.62 Å². The van der Waals surface area contributed by atoms with E-state index in [1.54, 1.807) is 17.5 Å². The summed E-state index contributed by atoms with van der Waals surface area (Å²) >= 11 is 1.38. The molecule has 0 atom stereocenters. The van der Waals surface area contributed by atoms with Gasteiger partial charge in [0.15, 0.2) is 0 Å². The fourth-order valence-electron chi connectivity index (χ4n) is 2.28. The lowest BCUT2D eigenvalue weighted by molar-refractivity contribution is 0.177. The van der Waals surface area contributed by atoms with Crippen LogP contribution in [0.25, 0.3) is 0 Å². The summed E-state index contributed by atoms with van der Waals surface area (Å²) in [6, 6.07) is 4.47. The molecule has 0 radical (unpaired) electrons. The maximum absolute atomic E-state index is 12.7. The van der Waals surface area contributed by atoms with Gasteiger partial charge in [-0.25, -0.2) is 8.42 Å². The minimum Gasteiger partial charge on any atom is -0.383 e. The van der Waals surface area contributed by atoms with Gasteiger partial charge in [0.2, 0.25) is 0 Å². The second-order valence-corrected chi connectivity index (χ2v) is 9.00. The molecule has 0 aliphatic heterocycles. The van der Waals surface area contributed by atoms with Crippen LogP contribution in [0.2, 0.25) is 0 Å². The van der Waals surface area contributed by atoms with Crippen molar-refractivity contribution in [3.05, 3.63) is 17.0 Å². The number of nitrogens with zero attached hydrogens (tertiary/aromatic N) is 1. The topological polar surface area (TPSA) is 58.6 Å². The molecule has 0 spiro atoms. The monoisotopic (exact) mass is 330 g/mol. The molecule has 0 amide bonds. The van der Waals surface area contributed by atoms with Crippen LogP contribution in [0.15, 0.2) is 16.3 Å². The van der Waals surface area contributed by atoms with Crippen LogP contribution in [0.1, 0.15) is 30.6 Å². The molecule has 0 aromatic carbocycles. The second-order valence-electron chi connectivity index (χ2n) is 5.72. The van der Waals surface area contributed by atoms with Crippen LogP contribution in [0.4, 0.5) is 0 Å². The van der Waals surface area contributed by atoms with Gasteiger partial charge in [-0.05, 0) is 37.8 Å². The van der Waals surface area contributed by atoms with Gasteiger partial charge in [0.1, 0.15) is 4.21 Å². The summed E-state index contributed by atoms with van der Waals surface area (Å²) in [5.74, 6) is 0. The van der Waals surface area contributed by atoms with E-state index in [0.717, 1.165) is 24.3 Å². The molecule has 2 fully saturated rings. The Hall–Kier alpha value is -0.470. The second kappa shape index (κ2) is 6.34. The maximum Gasteiger partial charge on any atom is 0.252 e. The number of thiophene rings is 1. The van der Waals surface area contributed by atoms with Gasteiger partial charge in [-0.15, -0.1) is 11.3 Å². The fraction of sp³-hybridized carbons (Fsp3) is 0.714. The molecule has 7 heteroatoms. The van der Waals surface area contributed by atoms with Crippen molar-refractivity contribution in [2.45, 2.75) is 48.5 Å². The molecule has 118 valence electrons. The zero-order chi connectivity index (χ0) is 14.9. The summed E-state index contributed by atoms with van der Waals surface area (Å²) in [5, 5.41) is 3.42. The predicted molar refractivity (Wildman–Crippen MR) is 83.0 cm³/mol. The van der Waals surface area contributed by atoms with Crippen molar-refractivity contribution in [2.75, 3.05) is 20.3 Å². The quantitative estimate of drug-likeness (QED) is 0.750. The lowest BCUT2D eigenvalue weighted by Crippen LogP contribution is -2.35. The van der Waals surface area contributed by atoms with Crippen molar-refractivity contribution < 1.29 is 13.2 Å². The highest BCUT2D eigenvalue weighted by Crippen LogP contribution is 2.34. The Kier molecular flexibility index (Phi) is 4.66. The first-order valence-corrected chi connectivity index (χ1v) is 9.70. The molecule has 0 saturated heterocycles. The first-order valence-electron chi connectivity index (χ1n) is 7.44. The van der Waals surface area contributed by atoms with Crippen LogP contribution in [-0.2, 0) is 21.3 Å². The van der Waals surface area contributed by atoms with E-state index in [1.807, 2.05) is 6.07 Å². The Bertz CT molecular complexity index is 577. The number of hydrogen-bond donors (Lipinski definition) is 1. The SMILES string of the molecule is COCCN(C1CC1)S(=O)(=O)c1ccc(CNC2CC2)s1. The van der Waals surface area contributed by atoms with Gasteiger partial charge in [-0.3, -0.25) is 0 Å². The highest BCUT2D eigenvalue weighted by molar-refractivity contribution is 7.91. The molecule has 1 aromatic heterocycles. The number of rotatable bonds is 9. The van der Waals surface area contributed by atoms with Gasteiger partial charge in [0.05, 0.1) is 6.61 Å². The van der Waals surface area contributed by atoms with E-state index in [0.29, 0.717) is 23.4 Å². The Morgan fingerprint density at radius 1 is 1.33 bits per heavy atom. The number of methoxy groups -OCH3 is 1. The van der Waals surface area contributed by atoms with Gasteiger partial charge in [0.25, 0.3) is 10.0 Å². The van der Waals surface area contributed by atoms with E-state index in [1.165, 1.54) is 24.2 Å². The molecule has 0 bridgehead atoms. The largest absolute Gasteiger partial charge is 0.383 e. The van der Waals surface area contributed by atoms with E-state index in [2.05, 4.69) is 5.32 Å². The molecule has 0 unspecified atom stereocenters. The fourth-order valence-corrected chi connectivity index (χ4v) is 5.39. The summed E-state index contributed by atoms with van der Waals surface area (Å²) in [7, 11) is -1.77. The molecule has 3 rings (SSSR count). The van der Waals surface area contributed by atoms with E-state index in [4.69, 9.17) is 4.74 Å². The molecule has 5 nitrogen and oxygen atoms in total. The smallest absolute Gasteiger partial charge is 0.252 e. The average molecular weight is 330 g/mol. The van der Waals surface area contributed by atoms with Crippen LogP contribution in [-0.4, -0.2) is 45.1 Å². The molecule has 21 heavy (non-hydrogen) atoms. The van der Waals surface area contributed by atoms with Crippen molar-refractivity contribution in [1.29, 1.82) is 0 Å². The van der Waals surface area contributed by atoms with Crippen LogP contribution < -0.4 is 5.32 Å². The lowest BCUT2D eigenvalue weighted by Gasteiger charge is -2.20. The lowest BCUT2D eigenvalue weighted by atomic mass is 10.4. The van der Waals surface area contributed by atoms with E-state index >= 15 is 0 Å². The van der Waals surface area contributed by atoms with Gasteiger partial charge in [0, 0.05) is 37.2 Å². The molecule has 2 aliphatic rings. The van der Waals surface area contributed by atoms with E-state index in [-0.39, 0.29) is 6.04 Å². The number of ether oxygens (including phenoxy) is 1. The molecular formula is C14H22N2O3S2.